The third-order valence-corrected chi connectivity index (χ3v) is 6.71. The van der Waals surface area contributed by atoms with Crippen molar-refractivity contribution < 1.29 is 4.74 Å². The van der Waals surface area contributed by atoms with E-state index in [1.807, 2.05) is 0 Å². The van der Waals surface area contributed by atoms with E-state index in [0.29, 0.717) is 13.2 Å². The van der Waals surface area contributed by atoms with E-state index in [0.717, 1.165) is 21.3 Å². The summed E-state index contributed by atoms with van der Waals surface area (Å²) < 4.78 is 5.68. The highest BCUT2D eigenvalue weighted by Gasteiger charge is 2.26. The maximum atomic E-state index is 5.68. The normalized spacial score (nSPS) is 13.2. The van der Waals surface area contributed by atoms with Crippen molar-refractivity contribution in [3.63, 3.8) is 0 Å². The van der Waals surface area contributed by atoms with Crippen LogP contribution in [0.4, 0.5) is 0 Å². The van der Waals surface area contributed by atoms with Crippen LogP contribution in [-0.4, -0.2) is 34.5 Å². The van der Waals surface area contributed by atoms with Crippen molar-refractivity contribution >= 4 is 63.7 Å². The first-order chi connectivity index (χ1) is 6.95. The third-order valence-electron chi connectivity index (χ3n) is 1.95. The van der Waals surface area contributed by atoms with Gasteiger partial charge in [0.25, 0.3) is 0 Å². The van der Waals surface area contributed by atoms with Gasteiger partial charge in [-0.3, -0.25) is 0 Å². The molecule has 15 heavy (non-hydrogen) atoms. The molecule has 2 radical (unpaired) electrons. The van der Waals surface area contributed by atoms with E-state index in [9.17, 15) is 0 Å². The van der Waals surface area contributed by atoms with Gasteiger partial charge in [0, 0.05) is 32.2 Å². The summed E-state index contributed by atoms with van der Waals surface area (Å²) >= 11 is 13.8. The zero-order chi connectivity index (χ0) is 11.9. The van der Waals surface area contributed by atoms with Gasteiger partial charge < -0.3 is 4.74 Å². The van der Waals surface area contributed by atoms with Crippen LogP contribution in [0.15, 0.2) is 0 Å². The lowest BCUT2D eigenvalue weighted by Gasteiger charge is -2.29. The molecule has 0 fully saturated rings. The number of alkyl halides is 4. The molecule has 0 unspecified atom stereocenters. The van der Waals surface area contributed by atoms with Crippen molar-refractivity contribution in [1.29, 1.82) is 0 Å². The zero-order valence-corrected chi connectivity index (χ0v) is 14.9. The van der Waals surface area contributed by atoms with Crippen molar-refractivity contribution in [3.05, 3.63) is 13.8 Å². The van der Waals surface area contributed by atoms with Crippen LogP contribution in [0.1, 0.15) is 0 Å². The molecule has 0 aromatic rings. The standard InChI is InChI=1S/C10H16Br4O/c1-9(3-11,4-12)7-15-8-10(2,5-13)6-14/h1-8H2. The lowest BCUT2D eigenvalue weighted by molar-refractivity contribution is 0.0508. The second-order valence-corrected chi connectivity index (χ2v) is 6.27. The van der Waals surface area contributed by atoms with Gasteiger partial charge in [-0.05, 0) is 13.8 Å². The van der Waals surface area contributed by atoms with Gasteiger partial charge >= 0.3 is 0 Å². The summed E-state index contributed by atoms with van der Waals surface area (Å²) in [5.74, 6) is 0. The molecule has 0 N–H and O–H groups in total. The highest BCUT2D eigenvalue weighted by atomic mass is 79.9. The number of hydrogen-bond donors (Lipinski definition) is 0. The molecule has 0 aliphatic carbocycles. The number of rotatable bonds is 8. The molecule has 0 heterocycles. The van der Waals surface area contributed by atoms with Crippen LogP contribution in [0, 0.1) is 24.7 Å². The fraction of sp³-hybridized carbons (Fsp3) is 0.800. The fourth-order valence-corrected chi connectivity index (χ4v) is 3.21. The average molecular weight is 472 g/mol. The van der Waals surface area contributed by atoms with E-state index in [4.69, 9.17) is 4.74 Å². The first kappa shape index (κ1) is 16.9. The third kappa shape index (κ3) is 6.39. The van der Waals surface area contributed by atoms with Crippen molar-refractivity contribution in [1.82, 2.24) is 0 Å². The molecule has 0 aromatic carbocycles. The molecule has 0 bridgehead atoms. The topological polar surface area (TPSA) is 9.23 Å². The van der Waals surface area contributed by atoms with Crippen LogP contribution >= 0.6 is 63.7 Å². The maximum absolute atomic E-state index is 5.68. The highest BCUT2D eigenvalue weighted by Crippen LogP contribution is 2.26. The lowest BCUT2D eigenvalue weighted by atomic mass is 9.96. The second-order valence-electron chi connectivity index (χ2n) is 4.03. The summed E-state index contributed by atoms with van der Waals surface area (Å²) in [5.41, 5.74) is -0.195. The molecule has 90 valence electrons. The van der Waals surface area contributed by atoms with E-state index >= 15 is 0 Å². The molecule has 0 atom stereocenters. The Bertz CT molecular complexity index is 149. The Balaban J connectivity index is 3.96. The number of hydrogen-bond acceptors (Lipinski definition) is 1. The largest absolute Gasteiger partial charge is 0.380 e. The summed E-state index contributed by atoms with van der Waals surface area (Å²) in [6, 6.07) is 0. The molecule has 5 heteroatoms. The van der Waals surface area contributed by atoms with Crippen molar-refractivity contribution in [2.75, 3.05) is 34.5 Å². The Labute approximate surface area is 127 Å². The van der Waals surface area contributed by atoms with Gasteiger partial charge in [0.15, 0.2) is 0 Å². The fourth-order valence-electron chi connectivity index (χ4n) is 0.710. The first-order valence-corrected chi connectivity index (χ1v) is 8.96. The van der Waals surface area contributed by atoms with E-state index in [1.54, 1.807) is 0 Å². The maximum Gasteiger partial charge on any atom is 0.0538 e. The quantitative estimate of drug-likeness (QED) is 0.482. The molecule has 0 amide bonds. The van der Waals surface area contributed by atoms with Gasteiger partial charge in [0.05, 0.1) is 13.2 Å². The molecule has 0 saturated heterocycles. The Hall–Kier alpha value is 1.88. The molecule has 1 nitrogen and oxygen atoms in total. The van der Waals surface area contributed by atoms with Crippen molar-refractivity contribution in [2.24, 2.45) is 10.8 Å². The highest BCUT2D eigenvalue weighted by molar-refractivity contribution is 9.10. The predicted octanol–water partition coefficient (Wildman–Crippen LogP) is 4.22. The Morgan fingerprint density at radius 1 is 0.733 bits per heavy atom. The van der Waals surface area contributed by atoms with Gasteiger partial charge in [-0.1, -0.05) is 63.7 Å². The van der Waals surface area contributed by atoms with Gasteiger partial charge in [-0.25, -0.2) is 0 Å². The van der Waals surface area contributed by atoms with E-state index in [2.05, 4.69) is 77.6 Å². The van der Waals surface area contributed by atoms with Gasteiger partial charge in [-0.15, -0.1) is 0 Å². The summed E-state index contributed by atoms with van der Waals surface area (Å²) in [5, 5.41) is 3.27. The van der Waals surface area contributed by atoms with Crippen LogP contribution in [0.2, 0.25) is 0 Å². The predicted molar refractivity (Wildman–Crippen MR) is 81.6 cm³/mol. The lowest BCUT2D eigenvalue weighted by Crippen LogP contribution is -2.33. The number of ether oxygens (including phenoxy) is 1. The Morgan fingerprint density at radius 2 is 1.00 bits per heavy atom. The van der Waals surface area contributed by atoms with Crippen LogP contribution in [-0.2, 0) is 4.74 Å². The molecule has 0 rings (SSSR count). The molecule has 0 spiro atoms. The second kappa shape index (κ2) is 8.06. The first-order valence-electron chi connectivity index (χ1n) is 4.47. The molecule has 0 aromatic heterocycles. The SMILES string of the molecule is [CH2]C(CBr)(CBr)COCC([CH2])(CBr)CBr. The Morgan fingerprint density at radius 3 is 1.20 bits per heavy atom. The van der Waals surface area contributed by atoms with Gasteiger partial charge in [0.2, 0.25) is 0 Å². The molecule has 0 saturated carbocycles. The van der Waals surface area contributed by atoms with Crippen molar-refractivity contribution in [2.45, 2.75) is 0 Å². The summed E-state index contributed by atoms with van der Waals surface area (Å²) in [6.45, 7) is 9.48. The molecular weight excluding hydrogens is 456 g/mol. The zero-order valence-electron chi connectivity index (χ0n) is 8.58. The Kier molecular flexibility index (Phi) is 9.08. The summed E-state index contributed by atoms with van der Waals surface area (Å²) in [4.78, 5) is 0. The van der Waals surface area contributed by atoms with Crippen LogP contribution in [0.5, 0.6) is 0 Å². The van der Waals surface area contributed by atoms with E-state index in [1.165, 1.54) is 0 Å². The summed E-state index contributed by atoms with van der Waals surface area (Å²) in [6.07, 6.45) is 0. The van der Waals surface area contributed by atoms with Crippen molar-refractivity contribution in [3.8, 4) is 0 Å². The van der Waals surface area contributed by atoms with Crippen LogP contribution < -0.4 is 0 Å². The molecule has 0 aliphatic rings. The average Bonchev–Trinajstić information content (AvgIpc) is 2.28. The van der Waals surface area contributed by atoms with Crippen LogP contribution in [0.25, 0.3) is 0 Å². The summed E-state index contributed by atoms with van der Waals surface area (Å²) in [7, 11) is 0. The molecular formula is C10H16Br4O. The molecule has 0 aliphatic heterocycles. The van der Waals surface area contributed by atoms with E-state index in [-0.39, 0.29) is 10.8 Å². The minimum atomic E-state index is -0.0977. The minimum Gasteiger partial charge on any atom is -0.380 e. The minimum absolute atomic E-state index is 0.0977. The van der Waals surface area contributed by atoms with E-state index < -0.39 is 0 Å². The smallest absolute Gasteiger partial charge is 0.0538 e. The van der Waals surface area contributed by atoms with Gasteiger partial charge in [-0.2, -0.15) is 0 Å². The monoisotopic (exact) mass is 468 g/mol. The number of halogens is 4. The van der Waals surface area contributed by atoms with Crippen LogP contribution in [0.3, 0.4) is 0 Å². The van der Waals surface area contributed by atoms with Gasteiger partial charge in [0.1, 0.15) is 0 Å².